The Kier molecular flexibility index (Phi) is 3.29. The lowest BCUT2D eigenvalue weighted by Gasteiger charge is -2.29. The van der Waals surface area contributed by atoms with E-state index in [9.17, 15) is 9.90 Å². The molecule has 2 aliphatic heterocycles. The molecule has 1 saturated heterocycles. The van der Waals surface area contributed by atoms with Crippen LogP contribution in [0.1, 0.15) is 18.4 Å². The third kappa shape index (κ3) is 2.51. The molecular formula is C14H17NO4. The summed E-state index contributed by atoms with van der Waals surface area (Å²) in [7, 11) is 0. The third-order valence-electron chi connectivity index (χ3n) is 3.79. The molecule has 2 N–H and O–H groups in total. The fourth-order valence-corrected chi connectivity index (χ4v) is 2.78. The van der Waals surface area contributed by atoms with Crippen molar-refractivity contribution >= 4 is 5.97 Å². The highest BCUT2D eigenvalue weighted by molar-refractivity contribution is 5.71. The van der Waals surface area contributed by atoms with Gasteiger partial charge in [-0.3, -0.25) is 4.79 Å². The molecule has 0 aliphatic carbocycles. The molecule has 0 amide bonds. The summed E-state index contributed by atoms with van der Waals surface area (Å²) in [5.41, 5.74) is 1.08. The number of carboxylic acids is 1. The Morgan fingerprint density at radius 2 is 2.21 bits per heavy atom. The number of piperidine rings is 1. The van der Waals surface area contributed by atoms with Crippen LogP contribution >= 0.6 is 0 Å². The highest BCUT2D eigenvalue weighted by Gasteiger charge is 2.30. The quantitative estimate of drug-likeness (QED) is 0.863. The van der Waals surface area contributed by atoms with Crippen LogP contribution in [0.5, 0.6) is 11.5 Å². The van der Waals surface area contributed by atoms with Gasteiger partial charge in [0.2, 0.25) is 6.79 Å². The van der Waals surface area contributed by atoms with Gasteiger partial charge in [-0.15, -0.1) is 0 Å². The first-order chi connectivity index (χ1) is 9.24. The van der Waals surface area contributed by atoms with Crippen LogP contribution in [0, 0.1) is 5.92 Å². The lowest BCUT2D eigenvalue weighted by atomic mass is 9.87. The first-order valence-corrected chi connectivity index (χ1v) is 6.59. The minimum atomic E-state index is -0.710. The van der Waals surface area contributed by atoms with Gasteiger partial charge >= 0.3 is 5.97 Å². The van der Waals surface area contributed by atoms with Crippen molar-refractivity contribution in [2.75, 3.05) is 13.3 Å². The number of nitrogens with one attached hydrogen (secondary N) is 1. The van der Waals surface area contributed by atoms with E-state index in [4.69, 9.17) is 9.47 Å². The standard InChI is InChI=1S/C14H17NO4/c16-14(17)10-2-1-5-15-11(10)6-9-3-4-12-13(7-9)19-8-18-12/h3-4,7,10-11,15H,1-2,5-6,8H2,(H,16,17). The van der Waals surface area contributed by atoms with Crippen LogP contribution in [-0.4, -0.2) is 30.5 Å². The smallest absolute Gasteiger partial charge is 0.308 e. The summed E-state index contributed by atoms with van der Waals surface area (Å²) in [5, 5.41) is 12.6. The summed E-state index contributed by atoms with van der Waals surface area (Å²) < 4.78 is 10.6. The Morgan fingerprint density at radius 3 is 3.05 bits per heavy atom. The van der Waals surface area contributed by atoms with Crippen LogP contribution in [0.4, 0.5) is 0 Å². The van der Waals surface area contributed by atoms with E-state index in [1.54, 1.807) is 0 Å². The number of hydrogen-bond donors (Lipinski definition) is 2. The van der Waals surface area contributed by atoms with Gasteiger partial charge in [-0.2, -0.15) is 0 Å². The van der Waals surface area contributed by atoms with Crippen LogP contribution in [0.2, 0.25) is 0 Å². The Balaban J connectivity index is 1.74. The maximum atomic E-state index is 11.3. The number of rotatable bonds is 3. The summed E-state index contributed by atoms with van der Waals surface area (Å²) in [6, 6.07) is 5.79. The SMILES string of the molecule is O=C(O)C1CCCNC1Cc1ccc2c(c1)OCO2. The molecular weight excluding hydrogens is 246 g/mol. The van der Waals surface area contributed by atoms with E-state index in [-0.39, 0.29) is 18.8 Å². The van der Waals surface area contributed by atoms with E-state index in [0.717, 1.165) is 36.4 Å². The predicted octanol–water partition coefficient (Wildman–Crippen LogP) is 1.41. The number of fused-ring (bicyclic) bond motifs is 1. The van der Waals surface area contributed by atoms with E-state index < -0.39 is 5.97 Å². The third-order valence-corrected chi connectivity index (χ3v) is 3.79. The van der Waals surface area contributed by atoms with Crippen LogP contribution in [0.25, 0.3) is 0 Å². The highest BCUT2D eigenvalue weighted by Crippen LogP contribution is 2.33. The Morgan fingerprint density at radius 1 is 1.37 bits per heavy atom. The molecule has 2 atom stereocenters. The van der Waals surface area contributed by atoms with Crippen LogP contribution in [-0.2, 0) is 11.2 Å². The minimum absolute atomic E-state index is 0.00776. The lowest BCUT2D eigenvalue weighted by Crippen LogP contribution is -2.46. The molecule has 0 spiro atoms. The molecule has 0 bridgehead atoms. The van der Waals surface area contributed by atoms with Gasteiger partial charge in [0.25, 0.3) is 0 Å². The van der Waals surface area contributed by atoms with Crippen molar-refractivity contribution in [2.24, 2.45) is 5.92 Å². The highest BCUT2D eigenvalue weighted by atomic mass is 16.7. The molecule has 3 rings (SSSR count). The minimum Gasteiger partial charge on any atom is -0.481 e. The number of benzene rings is 1. The Labute approximate surface area is 111 Å². The molecule has 5 nitrogen and oxygen atoms in total. The summed E-state index contributed by atoms with van der Waals surface area (Å²) >= 11 is 0. The zero-order valence-electron chi connectivity index (χ0n) is 10.6. The van der Waals surface area contributed by atoms with Crippen molar-refractivity contribution in [3.8, 4) is 11.5 Å². The zero-order chi connectivity index (χ0) is 13.2. The number of carboxylic acid groups (broad SMARTS) is 1. The van der Waals surface area contributed by atoms with Gasteiger partial charge in [-0.25, -0.2) is 0 Å². The van der Waals surface area contributed by atoms with E-state index in [0.29, 0.717) is 6.42 Å². The zero-order valence-corrected chi connectivity index (χ0v) is 10.6. The van der Waals surface area contributed by atoms with Gasteiger partial charge in [-0.05, 0) is 43.5 Å². The van der Waals surface area contributed by atoms with Crippen LogP contribution < -0.4 is 14.8 Å². The second-order valence-electron chi connectivity index (χ2n) is 5.04. The molecule has 1 aromatic carbocycles. The molecule has 2 aliphatic rings. The first-order valence-electron chi connectivity index (χ1n) is 6.59. The molecule has 5 heteroatoms. The van der Waals surface area contributed by atoms with Crippen LogP contribution in [0.3, 0.4) is 0 Å². The lowest BCUT2D eigenvalue weighted by molar-refractivity contribution is -0.143. The molecule has 0 radical (unpaired) electrons. The van der Waals surface area contributed by atoms with Gasteiger partial charge < -0.3 is 19.9 Å². The summed E-state index contributed by atoms with van der Waals surface area (Å²) in [6.45, 7) is 1.15. The van der Waals surface area contributed by atoms with Gasteiger partial charge in [0, 0.05) is 6.04 Å². The Hall–Kier alpha value is -1.75. The largest absolute Gasteiger partial charge is 0.481 e. The van der Waals surface area contributed by atoms with Gasteiger partial charge in [0.15, 0.2) is 11.5 Å². The van der Waals surface area contributed by atoms with Crippen molar-refractivity contribution in [3.63, 3.8) is 0 Å². The predicted molar refractivity (Wildman–Crippen MR) is 68.4 cm³/mol. The Bertz CT molecular complexity index is 488. The van der Waals surface area contributed by atoms with Crippen molar-refractivity contribution < 1.29 is 19.4 Å². The maximum absolute atomic E-state index is 11.3. The fraction of sp³-hybridized carbons (Fsp3) is 0.500. The molecule has 1 aromatic rings. The summed E-state index contributed by atoms with van der Waals surface area (Å²) in [6.07, 6.45) is 2.37. The van der Waals surface area contributed by atoms with Crippen molar-refractivity contribution in [1.82, 2.24) is 5.32 Å². The fourth-order valence-electron chi connectivity index (χ4n) is 2.78. The second kappa shape index (κ2) is 5.09. The van der Waals surface area contributed by atoms with Gasteiger partial charge in [-0.1, -0.05) is 6.07 Å². The monoisotopic (exact) mass is 263 g/mol. The van der Waals surface area contributed by atoms with Crippen LogP contribution in [0.15, 0.2) is 18.2 Å². The average Bonchev–Trinajstić information content (AvgIpc) is 2.86. The number of aliphatic carboxylic acids is 1. The average molecular weight is 263 g/mol. The molecule has 0 saturated carbocycles. The van der Waals surface area contributed by atoms with E-state index >= 15 is 0 Å². The summed E-state index contributed by atoms with van der Waals surface area (Å²) in [5.74, 6) is 0.493. The van der Waals surface area contributed by atoms with E-state index in [1.165, 1.54) is 0 Å². The van der Waals surface area contributed by atoms with Gasteiger partial charge in [0.1, 0.15) is 0 Å². The van der Waals surface area contributed by atoms with E-state index in [1.807, 2.05) is 18.2 Å². The first kappa shape index (κ1) is 12.3. The second-order valence-corrected chi connectivity index (χ2v) is 5.04. The molecule has 1 fully saturated rings. The van der Waals surface area contributed by atoms with Crippen molar-refractivity contribution in [2.45, 2.75) is 25.3 Å². The number of hydrogen-bond acceptors (Lipinski definition) is 4. The normalized spacial score (nSPS) is 25.3. The molecule has 19 heavy (non-hydrogen) atoms. The number of carbonyl (C=O) groups is 1. The molecule has 2 heterocycles. The molecule has 0 aromatic heterocycles. The topological polar surface area (TPSA) is 67.8 Å². The summed E-state index contributed by atoms with van der Waals surface area (Å²) in [4.78, 5) is 11.3. The molecule has 102 valence electrons. The van der Waals surface area contributed by atoms with Gasteiger partial charge in [0.05, 0.1) is 5.92 Å². The van der Waals surface area contributed by atoms with E-state index in [2.05, 4.69) is 5.32 Å². The molecule has 2 unspecified atom stereocenters. The number of ether oxygens (including phenoxy) is 2. The van der Waals surface area contributed by atoms with Crippen molar-refractivity contribution in [1.29, 1.82) is 0 Å². The van der Waals surface area contributed by atoms with Crippen molar-refractivity contribution in [3.05, 3.63) is 23.8 Å². The maximum Gasteiger partial charge on any atom is 0.308 e.